The van der Waals surface area contributed by atoms with Gasteiger partial charge in [0.05, 0.1) is 0 Å². The molecule has 0 aromatic heterocycles. The lowest BCUT2D eigenvalue weighted by atomic mass is 9.97. The van der Waals surface area contributed by atoms with Crippen LogP contribution in [0.3, 0.4) is 0 Å². The van der Waals surface area contributed by atoms with E-state index in [-0.39, 0.29) is 17.9 Å². The van der Waals surface area contributed by atoms with Gasteiger partial charge in [0.1, 0.15) is 5.60 Å². The van der Waals surface area contributed by atoms with Gasteiger partial charge < -0.3 is 20.3 Å². The number of anilines is 1. The van der Waals surface area contributed by atoms with E-state index in [1.54, 1.807) is 29.2 Å². The molecule has 0 spiro atoms. The summed E-state index contributed by atoms with van der Waals surface area (Å²) in [5.41, 5.74) is 0.644. The number of rotatable bonds is 5. The van der Waals surface area contributed by atoms with Gasteiger partial charge in [0.2, 0.25) is 5.91 Å². The largest absolute Gasteiger partial charge is 0.444 e. The molecule has 1 aromatic carbocycles. The Hall–Kier alpha value is -2.83. The van der Waals surface area contributed by atoms with E-state index in [9.17, 15) is 14.4 Å². The molecule has 7 heteroatoms. The molecule has 1 aliphatic heterocycles. The van der Waals surface area contributed by atoms with E-state index in [0.717, 1.165) is 12.8 Å². The van der Waals surface area contributed by atoms with E-state index in [1.807, 2.05) is 20.8 Å². The van der Waals surface area contributed by atoms with Crippen LogP contribution in [0.15, 0.2) is 36.9 Å². The van der Waals surface area contributed by atoms with E-state index in [2.05, 4.69) is 17.2 Å². The highest BCUT2D eigenvalue weighted by atomic mass is 16.6. The fourth-order valence-corrected chi connectivity index (χ4v) is 2.88. The topological polar surface area (TPSA) is 87.7 Å². The Balaban J connectivity index is 1.76. The molecule has 1 saturated heterocycles. The summed E-state index contributed by atoms with van der Waals surface area (Å²) in [6.45, 7) is 10.8. The van der Waals surface area contributed by atoms with E-state index in [0.29, 0.717) is 36.8 Å². The molecule has 2 rings (SSSR count). The molecular formula is C21H29N3O4. The van der Waals surface area contributed by atoms with Gasteiger partial charge in [0, 0.05) is 30.9 Å². The summed E-state index contributed by atoms with van der Waals surface area (Å²) in [5, 5.41) is 5.58. The second-order valence-electron chi connectivity index (χ2n) is 7.89. The van der Waals surface area contributed by atoms with Crippen LogP contribution in [0.25, 0.3) is 0 Å². The van der Waals surface area contributed by atoms with Gasteiger partial charge >= 0.3 is 6.09 Å². The number of amides is 3. The highest BCUT2D eigenvalue weighted by molar-refractivity contribution is 5.99. The predicted molar refractivity (Wildman–Crippen MR) is 108 cm³/mol. The van der Waals surface area contributed by atoms with Gasteiger partial charge in [-0.05, 0) is 69.9 Å². The standard InChI is InChI=1S/C21H29N3O4/c1-5-18(25)23-17-8-6-16(7-9-17)19(26)22-14-15-10-12-24(13-11-15)20(27)28-21(2,3)4/h5-9,15H,1,10-14H2,2-4H3,(H,22,26)(H,23,25). The minimum Gasteiger partial charge on any atom is -0.444 e. The number of piperidine rings is 1. The zero-order valence-corrected chi connectivity index (χ0v) is 16.8. The summed E-state index contributed by atoms with van der Waals surface area (Å²) in [7, 11) is 0. The first-order valence-electron chi connectivity index (χ1n) is 9.47. The van der Waals surface area contributed by atoms with Crippen LogP contribution in [0.5, 0.6) is 0 Å². The Bertz CT molecular complexity index is 714. The number of benzene rings is 1. The molecule has 152 valence electrons. The van der Waals surface area contributed by atoms with Gasteiger partial charge in [0.25, 0.3) is 5.91 Å². The molecule has 0 saturated carbocycles. The quantitative estimate of drug-likeness (QED) is 0.760. The smallest absolute Gasteiger partial charge is 0.410 e. The second-order valence-corrected chi connectivity index (χ2v) is 7.89. The number of hydrogen-bond donors (Lipinski definition) is 2. The zero-order valence-electron chi connectivity index (χ0n) is 16.8. The maximum absolute atomic E-state index is 12.3. The summed E-state index contributed by atoms with van der Waals surface area (Å²) in [4.78, 5) is 37.4. The number of carbonyl (C=O) groups is 3. The molecule has 3 amide bonds. The Morgan fingerprint density at radius 3 is 2.32 bits per heavy atom. The van der Waals surface area contributed by atoms with Crippen molar-refractivity contribution in [2.45, 2.75) is 39.2 Å². The Morgan fingerprint density at radius 1 is 1.18 bits per heavy atom. The minimum absolute atomic E-state index is 0.156. The highest BCUT2D eigenvalue weighted by Gasteiger charge is 2.27. The number of nitrogens with one attached hydrogen (secondary N) is 2. The van der Waals surface area contributed by atoms with Crippen molar-refractivity contribution >= 4 is 23.6 Å². The van der Waals surface area contributed by atoms with Crippen LogP contribution in [0.1, 0.15) is 44.0 Å². The Labute approximate surface area is 166 Å². The van der Waals surface area contributed by atoms with Crippen LogP contribution in [-0.4, -0.2) is 48.0 Å². The molecule has 0 unspecified atom stereocenters. The molecule has 0 atom stereocenters. The number of ether oxygens (including phenoxy) is 1. The lowest BCUT2D eigenvalue weighted by Gasteiger charge is -2.33. The highest BCUT2D eigenvalue weighted by Crippen LogP contribution is 2.19. The van der Waals surface area contributed by atoms with Crippen molar-refractivity contribution in [1.82, 2.24) is 10.2 Å². The molecule has 28 heavy (non-hydrogen) atoms. The van der Waals surface area contributed by atoms with Crippen molar-refractivity contribution in [2.24, 2.45) is 5.92 Å². The molecule has 2 N–H and O–H groups in total. The maximum atomic E-state index is 12.3. The van der Waals surface area contributed by atoms with Gasteiger partial charge in [-0.2, -0.15) is 0 Å². The van der Waals surface area contributed by atoms with Crippen molar-refractivity contribution in [1.29, 1.82) is 0 Å². The minimum atomic E-state index is -0.494. The molecular weight excluding hydrogens is 358 g/mol. The van der Waals surface area contributed by atoms with Crippen LogP contribution in [0.4, 0.5) is 10.5 Å². The molecule has 0 bridgehead atoms. The number of nitrogens with zero attached hydrogens (tertiary/aromatic N) is 1. The van der Waals surface area contributed by atoms with Crippen LogP contribution in [0.2, 0.25) is 0 Å². The predicted octanol–water partition coefficient (Wildman–Crippen LogP) is 3.19. The van der Waals surface area contributed by atoms with E-state index < -0.39 is 5.60 Å². The monoisotopic (exact) mass is 387 g/mol. The SMILES string of the molecule is C=CC(=O)Nc1ccc(C(=O)NCC2CCN(C(=O)OC(C)(C)C)CC2)cc1. The lowest BCUT2D eigenvalue weighted by molar-refractivity contribution is -0.111. The molecule has 0 radical (unpaired) electrons. The maximum Gasteiger partial charge on any atom is 0.410 e. The summed E-state index contributed by atoms with van der Waals surface area (Å²) >= 11 is 0. The van der Waals surface area contributed by atoms with Crippen LogP contribution in [-0.2, 0) is 9.53 Å². The van der Waals surface area contributed by atoms with Crippen molar-refractivity contribution < 1.29 is 19.1 Å². The summed E-state index contributed by atoms with van der Waals surface area (Å²) in [6, 6.07) is 6.68. The van der Waals surface area contributed by atoms with Crippen LogP contribution in [0, 0.1) is 5.92 Å². The first kappa shape index (κ1) is 21.5. The average molecular weight is 387 g/mol. The molecule has 0 aliphatic carbocycles. The fraction of sp³-hybridized carbons (Fsp3) is 0.476. The van der Waals surface area contributed by atoms with Crippen molar-refractivity contribution in [2.75, 3.05) is 25.0 Å². The van der Waals surface area contributed by atoms with Gasteiger partial charge in [0.15, 0.2) is 0 Å². The summed E-state index contributed by atoms with van der Waals surface area (Å²) in [5.74, 6) is -0.125. The van der Waals surface area contributed by atoms with Crippen molar-refractivity contribution in [3.63, 3.8) is 0 Å². The van der Waals surface area contributed by atoms with Gasteiger partial charge in [-0.25, -0.2) is 4.79 Å². The normalized spacial score (nSPS) is 14.9. The van der Waals surface area contributed by atoms with Crippen LogP contribution < -0.4 is 10.6 Å². The Morgan fingerprint density at radius 2 is 1.79 bits per heavy atom. The molecule has 1 heterocycles. The third-order valence-corrected chi connectivity index (χ3v) is 4.42. The first-order valence-corrected chi connectivity index (χ1v) is 9.47. The second kappa shape index (κ2) is 9.39. The average Bonchev–Trinajstić information content (AvgIpc) is 2.65. The van der Waals surface area contributed by atoms with Crippen molar-refractivity contribution in [3.8, 4) is 0 Å². The number of likely N-dealkylation sites (tertiary alicyclic amines) is 1. The number of carbonyl (C=O) groups excluding carboxylic acids is 3. The van der Waals surface area contributed by atoms with Crippen LogP contribution >= 0.6 is 0 Å². The third kappa shape index (κ3) is 6.72. The van der Waals surface area contributed by atoms with Gasteiger partial charge in [-0.1, -0.05) is 6.58 Å². The summed E-state index contributed by atoms with van der Waals surface area (Å²) < 4.78 is 5.39. The lowest BCUT2D eigenvalue weighted by Crippen LogP contribution is -2.43. The van der Waals surface area contributed by atoms with E-state index in [4.69, 9.17) is 4.74 Å². The molecule has 1 aromatic rings. The van der Waals surface area contributed by atoms with Gasteiger partial charge in [-0.15, -0.1) is 0 Å². The molecule has 1 aliphatic rings. The number of hydrogen-bond acceptors (Lipinski definition) is 4. The fourth-order valence-electron chi connectivity index (χ4n) is 2.88. The molecule has 7 nitrogen and oxygen atoms in total. The third-order valence-electron chi connectivity index (χ3n) is 4.42. The van der Waals surface area contributed by atoms with Crippen molar-refractivity contribution in [3.05, 3.63) is 42.5 Å². The summed E-state index contributed by atoms with van der Waals surface area (Å²) in [6.07, 6.45) is 2.56. The molecule has 1 fully saturated rings. The van der Waals surface area contributed by atoms with E-state index >= 15 is 0 Å². The Kier molecular flexibility index (Phi) is 7.20. The van der Waals surface area contributed by atoms with Gasteiger partial charge in [-0.3, -0.25) is 9.59 Å². The first-order chi connectivity index (χ1) is 13.2. The van der Waals surface area contributed by atoms with E-state index in [1.165, 1.54) is 6.08 Å². The zero-order chi connectivity index (χ0) is 20.7.